The van der Waals surface area contributed by atoms with Crippen molar-refractivity contribution in [3.63, 3.8) is 0 Å². The largest absolute Gasteiger partial charge is 0.493 e. The van der Waals surface area contributed by atoms with Gasteiger partial charge in [0.2, 0.25) is 0 Å². The van der Waals surface area contributed by atoms with Gasteiger partial charge in [-0.1, -0.05) is 12.1 Å². The molecule has 3 aromatic carbocycles. The normalized spacial score (nSPS) is 10.9. The Morgan fingerprint density at radius 2 is 1.39 bits per heavy atom. The van der Waals surface area contributed by atoms with Crippen molar-refractivity contribution in [1.29, 1.82) is 0 Å². The van der Waals surface area contributed by atoms with E-state index in [0.29, 0.717) is 17.2 Å². The zero-order chi connectivity index (χ0) is 22.6. The van der Waals surface area contributed by atoms with Gasteiger partial charge in [0, 0.05) is 0 Å². The van der Waals surface area contributed by atoms with Gasteiger partial charge in [-0.2, -0.15) is 0 Å². The summed E-state index contributed by atoms with van der Waals surface area (Å²) in [5.74, 6) is -1.45. The second-order valence-electron chi connectivity index (χ2n) is 6.24. The highest BCUT2D eigenvalue weighted by Gasteiger charge is 2.18. The molecule has 3 aromatic rings. The van der Waals surface area contributed by atoms with E-state index in [2.05, 4.69) is 4.72 Å². The SMILES string of the molecule is COc1ccccc1Oc1ccc(S(=O)(=O)Nc2cc(C(=O)O)cc(C(=O)O)c2)cc1. The fourth-order valence-electron chi connectivity index (χ4n) is 2.66. The van der Waals surface area contributed by atoms with Gasteiger partial charge in [-0.05, 0) is 54.6 Å². The van der Waals surface area contributed by atoms with E-state index in [-0.39, 0.29) is 21.7 Å². The van der Waals surface area contributed by atoms with E-state index >= 15 is 0 Å². The molecular weight excluding hydrogens is 426 g/mol. The lowest BCUT2D eigenvalue weighted by Gasteiger charge is -2.12. The number of nitrogens with one attached hydrogen (secondary N) is 1. The topological polar surface area (TPSA) is 139 Å². The minimum absolute atomic E-state index is 0.127. The third-order valence-electron chi connectivity index (χ3n) is 4.11. The van der Waals surface area contributed by atoms with Crippen LogP contribution in [0.3, 0.4) is 0 Å². The van der Waals surface area contributed by atoms with E-state index in [0.717, 1.165) is 18.2 Å². The number of hydrogen-bond donors (Lipinski definition) is 3. The van der Waals surface area contributed by atoms with Crippen molar-refractivity contribution < 1.29 is 37.7 Å². The molecule has 9 nitrogen and oxygen atoms in total. The standard InChI is InChI=1S/C21H17NO8S/c1-29-18-4-2-3-5-19(18)30-16-6-8-17(9-7-16)31(27,28)22-15-11-13(20(23)24)10-14(12-15)21(25)26/h2-12,22H,1H3,(H,23,24)(H,25,26). The molecule has 31 heavy (non-hydrogen) atoms. The average molecular weight is 443 g/mol. The Balaban J connectivity index is 1.84. The molecule has 160 valence electrons. The molecule has 10 heteroatoms. The fourth-order valence-corrected chi connectivity index (χ4v) is 3.70. The molecule has 0 atom stereocenters. The number of para-hydroxylation sites is 2. The van der Waals surface area contributed by atoms with Gasteiger partial charge in [0.25, 0.3) is 10.0 Å². The van der Waals surface area contributed by atoms with Gasteiger partial charge in [-0.3, -0.25) is 4.72 Å². The summed E-state index contributed by atoms with van der Waals surface area (Å²) in [5, 5.41) is 18.3. The van der Waals surface area contributed by atoms with E-state index in [1.165, 1.54) is 31.4 Å². The van der Waals surface area contributed by atoms with E-state index in [4.69, 9.17) is 19.7 Å². The smallest absolute Gasteiger partial charge is 0.335 e. The lowest BCUT2D eigenvalue weighted by atomic mass is 10.1. The number of hydrogen-bond acceptors (Lipinski definition) is 6. The summed E-state index contributed by atoms with van der Waals surface area (Å²) in [6, 6.07) is 15.4. The van der Waals surface area contributed by atoms with Crippen molar-refractivity contribution >= 4 is 27.6 Å². The first-order valence-corrected chi connectivity index (χ1v) is 10.2. The van der Waals surface area contributed by atoms with Crippen molar-refractivity contribution in [3.05, 3.63) is 77.9 Å². The Bertz CT molecular complexity index is 1200. The number of methoxy groups -OCH3 is 1. The van der Waals surface area contributed by atoms with Crippen molar-refractivity contribution in [2.24, 2.45) is 0 Å². The van der Waals surface area contributed by atoms with Crippen LogP contribution in [0.2, 0.25) is 0 Å². The van der Waals surface area contributed by atoms with Crippen LogP contribution in [0.15, 0.2) is 71.6 Å². The number of carboxylic acid groups (broad SMARTS) is 2. The van der Waals surface area contributed by atoms with Gasteiger partial charge >= 0.3 is 11.9 Å². The molecule has 0 saturated heterocycles. The zero-order valence-electron chi connectivity index (χ0n) is 16.1. The van der Waals surface area contributed by atoms with Crippen molar-refractivity contribution in [2.75, 3.05) is 11.8 Å². The molecule has 3 rings (SSSR count). The van der Waals surface area contributed by atoms with Gasteiger partial charge in [0.1, 0.15) is 5.75 Å². The van der Waals surface area contributed by atoms with Gasteiger partial charge in [-0.25, -0.2) is 18.0 Å². The maximum atomic E-state index is 12.7. The van der Waals surface area contributed by atoms with Gasteiger partial charge in [0.15, 0.2) is 11.5 Å². The Morgan fingerprint density at radius 3 is 1.90 bits per heavy atom. The van der Waals surface area contributed by atoms with Gasteiger partial charge in [-0.15, -0.1) is 0 Å². The van der Waals surface area contributed by atoms with Crippen LogP contribution in [0.1, 0.15) is 20.7 Å². The highest BCUT2D eigenvalue weighted by molar-refractivity contribution is 7.92. The summed E-state index contributed by atoms with van der Waals surface area (Å²) >= 11 is 0. The summed E-state index contributed by atoms with van der Waals surface area (Å²) in [6.07, 6.45) is 0. The number of aromatic carboxylic acids is 2. The van der Waals surface area contributed by atoms with Crippen LogP contribution in [0.4, 0.5) is 5.69 Å². The van der Waals surface area contributed by atoms with Crippen molar-refractivity contribution in [1.82, 2.24) is 0 Å². The molecule has 0 aliphatic heterocycles. The summed E-state index contributed by atoms with van der Waals surface area (Å²) in [7, 11) is -2.62. The van der Waals surface area contributed by atoms with Gasteiger partial charge < -0.3 is 19.7 Å². The summed E-state index contributed by atoms with van der Waals surface area (Å²) in [4.78, 5) is 22.3. The molecule has 0 saturated carbocycles. The molecule has 0 unspecified atom stereocenters. The number of benzene rings is 3. The predicted octanol–water partition coefficient (Wildman–Crippen LogP) is 3.68. The first-order valence-electron chi connectivity index (χ1n) is 8.75. The summed E-state index contributed by atoms with van der Waals surface area (Å²) in [5.41, 5.74) is -0.914. The highest BCUT2D eigenvalue weighted by Crippen LogP contribution is 2.31. The first kappa shape index (κ1) is 21.7. The maximum absolute atomic E-state index is 12.7. The number of carbonyl (C=O) groups is 2. The Labute approximate surface area is 177 Å². The highest BCUT2D eigenvalue weighted by atomic mass is 32.2. The molecule has 0 aromatic heterocycles. The van der Waals surface area contributed by atoms with E-state index < -0.39 is 22.0 Å². The molecule has 0 aliphatic carbocycles. The minimum atomic E-state index is -4.12. The predicted molar refractivity (Wildman–Crippen MR) is 111 cm³/mol. The molecular formula is C21H17NO8S. The molecule has 0 aliphatic rings. The van der Waals surface area contributed by atoms with Crippen LogP contribution in [0.5, 0.6) is 17.2 Å². The lowest BCUT2D eigenvalue weighted by Crippen LogP contribution is -2.14. The third kappa shape index (κ3) is 5.11. The average Bonchev–Trinajstić information content (AvgIpc) is 2.74. The Kier molecular flexibility index (Phi) is 6.12. The Hall–Kier alpha value is -4.05. The van der Waals surface area contributed by atoms with Crippen molar-refractivity contribution in [2.45, 2.75) is 4.90 Å². The van der Waals surface area contributed by atoms with Crippen LogP contribution in [0, 0.1) is 0 Å². The van der Waals surface area contributed by atoms with E-state index in [1.54, 1.807) is 24.3 Å². The van der Waals surface area contributed by atoms with Gasteiger partial charge in [0.05, 0.1) is 28.8 Å². The number of anilines is 1. The van der Waals surface area contributed by atoms with E-state index in [9.17, 15) is 18.0 Å². The Morgan fingerprint density at radius 1 is 0.839 bits per heavy atom. The molecule has 0 amide bonds. The molecule has 0 bridgehead atoms. The number of carboxylic acids is 2. The second kappa shape index (κ2) is 8.76. The van der Waals surface area contributed by atoms with Crippen molar-refractivity contribution in [3.8, 4) is 17.2 Å². The minimum Gasteiger partial charge on any atom is -0.493 e. The van der Waals surface area contributed by atoms with E-state index in [1.807, 2.05) is 0 Å². The molecule has 0 radical (unpaired) electrons. The van der Waals surface area contributed by atoms with Crippen LogP contribution >= 0.6 is 0 Å². The zero-order valence-corrected chi connectivity index (χ0v) is 16.9. The number of ether oxygens (including phenoxy) is 2. The third-order valence-corrected chi connectivity index (χ3v) is 5.51. The molecule has 0 fully saturated rings. The first-order chi connectivity index (χ1) is 14.7. The summed E-state index contributed by atoms with van der Waals surface area (Å²) in [6.45, 7) is 0. The lowest BCUT2D eigenvalue weighted by molar-refractivity contribution is 0.0696. The monoisotopic (exact) mass is 443 g/mol. The van der Waals surface area contributed by atoms with Crippen LogP contribution in [-0.4, -0.2) is 37.7 Å². The summed E-state index contributed by atoms with van der Waals surface area (Å²) < 4.78 is 38.4. The maximum Gasteiger partial charge on any atom is 0.335 e. The second-order valence-corrected chi connectivity index (χ2v) is 7.92. The van der Waals surface area contributed by atoms with Crippen LogP contribution in [0.25, 0.3) is 0 Å². The van der Waals surface area contributed by atoms with Crippen LogP contribution < -0.4 is 14.2 Å². The molecule has 3 N–H and O–H groups in total. The molecule has 0 spiro atoms. The quantitative estimate of drug-likeness (QED) is 0.479. The molecule has 0 heterocycles. The number of sulfonamides is 1. The van der Waals surface area contributed by atoms with Crippen LogP contribution in [-0.2, 0) is 10.0 Å². The fraction of sp³-hybridized carbons (Fsp3) is 0.0476. The number of rotatable bonds is 8.